The largest absolute Gasteiger partial charge is 0.497 e. The maximum Gasteiger partial charge on any atom is 0.252 e. The Balaban J connectivity index is 1.55. The molecule has 4 rings (SSSR count). The van der Waals surface area contributed by atoms with Crippen molar-refractivity contribution in [1.82, 2.24) is 10.2 Å². The Kier molecular flexibility index (Phi) is 4.68. The van der Waals surface area contributed by atoms with Crippen LogP contribution in [0.15, 0.2) is 54.6 Å². The molecule has 2 aliphatic rings. The summed E-state index contributed by atoms with van der Waals surface area (Å²) in [6.07, 6.45) is 5.62. The van der Waals surface area contributed by atoms with Gasteiger partial charge in [0.2, 0.25) is 0 Å². The minimum Gasteiger partial charge on any atom is -0.497 e. The predicted octanol–water partition coefficient (Wildman–Crippen LogP) is 3.97. The second-order valence-corrected chi connectivity index (χ2v) is 7.41. The van der Waals surface area contributed by atoms with Crippen LogP contribution in [0.25, 0.3) is 0 Å². The lowest BCUT2D eigenvalue weighted by Crippen LogP contribution is -2.60. The molecule has 2 heterocycles. The van der Waals surface area contributed by atoms with Crippen molar-refractivity contribution in [1.29, 1.82) is 0 Å². The number of carbonyl (C=O) groups excluding carboxylic acids is 1. The van der Waals surface area contributed by atoms with E-state index in [9.17, 15) is 4.79 Å². The summed E-state index contributed by atoms with van der Waals surface area (Å²) < 4.78 is 5.26. The maximum atomic E-state index is 12.8. The van der Waals surface area contributed by atoms with Crippen LogP contribution in [0.3, 0.4) is 0 Å². The van der Waals surface area contributed by atoms with Crippen molar-refractivity contribution in [2.24, 2.45) is 0 Å². The molecule has 2 aromatic carbocycles. The van der Waals surface area contributed by atoms with E-state index in [0.717, 1.165) is 37.1 Å². The van der Waals surface area contributed by atoms with E-state index in [-0.39, 0.29) is 11.6 Å². The van der Waals surface area contributed by atoms with E-state index in [0.29, 0.717) is 6.04 Å². The Labute approximate surface area is 155 Å². The van der Waals surface area contributed by atoms with Crippen LogP contribution in [0, 0.1) is 0 Å². The van der Waals surface area contributed by atoms with Crippen LogP contribution in [-0.2, 0) is 6.54 Å². The van der Waals surface area contributed by atoms with Gasteiger partial charge in [-0.05, 0) is 61.9 Å². The Bertz CT molecular complexity index is 755. The Morgan fingerprint density at radius 2 is 1.88 bits per heavy atom. The molecule has 26 heavy (non-hydrogen) atoms. The molecule has 2 unspecified atom stereocenters. The predicted molar refractivity (Wildman–Crippen MR) is 102 cm³/mol. The van der Waals surface area contributed by atoms with Crippen LogP contribution in [0.4, 0.5) is 0 Å². The molecule has 2 atom stereocenters. The topological polar surface area (TPSA) is 41.6 Å². The van der Waals surface area contributed by atoms with Crippen LogP contribution >= 0.6 is 0 Å². The highest BCUT2D eigenvalue weighted by Gasteiger charge is 2.49. The number of fused-ring (bicyclic) bond motifs is 2. The molecular formula is C22H26N2O2. The summed E-state index contributed by atoms with van der Waals surface area (Å²) in [5, 5.41) is 3.40. The second kappa shape index (κ2) is 7.12. The van der Waals surface area contributed by atoms with Gasteiger partial charge in [-0.2, -0.15) is 0 Å². The fraction of sp³-hybridized carbons (Fsp3) is 0.409. The van der Waals surface area contributed by atoms with Gasteiger partial charge in [-0.1, -0.05) is 30.3 Å². The van der Waals surface area contributed by atoms with Crippen molar-refractivity contribution in [3.63, 3.8) is 0 Å². The van der Waals surface area contributed by atoms with Crippen LogP contribution in [-0.4, -0.2) is 29.6 Å². The lowest BCUT2D eigenvalue weighted by molar-refractivity contribution is 0.0185. The third-order valence-electron chi connectivity index (χ3n) is 5.90. The molecule has 0 aromatic heterocycles. The van der Waals surface area contributed by atoms with Gasteiger partial charge in [-0.15, -0.1) is 0 Å². The number of benzene rings is 2. The van der Waals surface area contributed by atoms with Crippen LogP contribution in [0.5, 0.6) is 5.75 Å². The quantitative estimate of drug-likeness (QED) is 0.887. The molecule has 2 saturated heterocycles. The lowest BCUT2D eigenvalue weighted by Gasteiger charge is -2.45. The first-order chi connectivity index (χ1) is 12.7. The van der Waals surface area contributed by atoms with Crippen LogP contribution in [0.1, 0.15) is 48.0 Å². The van der Waals surface area contributed by atoms with Gasteiger partial charge in [0, 0.05) is 18.2 Å². The molecule has 1 amide bonds. The fourth-order valence-corrected chi connectivity index (χ4v) is 4.53. The molecule has 1 N–H and O–H groups in total. The zero-order valence-electron chi connectivity index (χ0n) is 15.3. The van der Waals surface area contributed by atoms with Crippen molar-refractivity contribution in [2.75, 3.05) is 7.11 Å². The Morgan fingerprint density at radius 1 is 1.12 bits per heavy atom. The molecule has 2 aromatic rings. The van der Waals surface area contributed by atoms with Gasteiger partial charge in [0.15, 0.2) is 0 Å². The molecule has 2 bridgehead atoms. The summed E-state index contributed by atoms with van der Waals surface area (Å²) in [4.78, 5) is 15.3. The van der Waals surface area contributed by atoms with Gasteiger partial charge in [0.1, 0.15) is 5.75 Å². The minimum absolute atomic E-state index is 0.0351. The average Bonchev–Trinajstić information content (AvgIpc) is 2.87. The van der Waals surface area contributed by atoms with E-state index in [4.69, 9.17) is 4.74 Å². The van der Waals surface area contributed by atoms with Crippen LogP contribution < -0.4 is 10.1 Å². The van der Waals surface area contributed by atoms with E-state index in [2.05, 4.69) is 22.3 Å². The van der Waals surface area contributed by atoms with Gasteiger partial charge in [-0.3, -0.25) is 9.69 Å². The van der Waals surface area contributed by atoms with Crippen LogP contribution in [0.2, 0.25) is 0 Å². The first-order valence-electron chi connectivity index (χ1n) is 9.47. The van der Waals surface area contributed by atoms with Gasteiger partial charge in [0.05, 0.1) is 12.8 Å². The maximum absolute atomic E-state index is 12.8. The highest BCUT2D eigenvalue weighted by atomic mass is 16.5. The summed E-state index contributed by atoms with van der Waals surface area (Å²) in [6, 6.07) is 18.4. The number of hydrogen-bond acceptors (Lipinski definition) is 3. The SMILES string of the molecule is COc1ccc(CN2C3CCCC2(NC(=O)c2ccccc2)CC3)cc1. The highest BCUT2D eigenvalue weighted by molar-refractivity contribution is 5.94. The van der Waals surface area contributed by atoms with Crippen molar-refractivity contribution < 1.29 is 9.53 Å². The minimum atomic E-state index is -0.213. The number of methoxy groups -OCH3 is 1. The molecule has 0 radical (unpaired) electrons. The molecule has 136 valence electrons. The first kappa shape index (κ1) is 17.1. The first-order valence-corrected chi connectivity index (χ1v) is 9.47. The van der Waals surface area contributed by atoms with Crippen molar-refractivity contribution >= 4 is 5.91 Å². The lowest BCUT2D eigenvalue weighted by atomic mass is 9.95. The van der Waals surface area contributed by atoms with E-state index in [1.807, 2.05) is 42.5 Å². The summed E-state index contributed by atoms with van der Waals surface area (Å²) >= 11 is 0. The second-order valence-electron chi connectivity index (χ2n) is 7.41. The van der Waals surface area contributed by atoms with Gasteiger partial charge >= 0.3 is 0 Å². The summed E-state index contributed by atoms with van der Waals surface area (Å²) in [5.41, 5.74) is 1.79. The molecule has 0 saturated carbocycles. The number of hydrogen-bond donors (Lipinski definition) is 1. The number of nitrogens with one attached hydrogen (secondary N) is 1. The Morgan fingerprint density at radius 3 is 2.62 bits per heavy atom. The van der Waals surface area contributed by atoms with Crippen molar-refractivity contribution in [2.45, 2.75) is 50.4 Å². The van der Waals surface area contributed by atoms with E-state index < -0.39 is 0 Å². The summed E-state index contributed by atoms with van der Waals surface area (Å²) in [6.45, 7) is 0.865. The molecule has 4 heteroatoms. The zero-order valence-corrected chi connectivity index (χ0v) is 15.3. The normalized spacial score (nSPS) is 25.0. The number of nitrogens with zero attached hydrogens (tertiary/aromatic N) is 1. The number of piperidine rings is 1. The highest BCUT2D eigenvalue weighted by Crippen LogP contribution is 2.43. The molecule has 2 fully saturated rings. The zero-order chi connectivity index (χ0) is 18.0. The molecule has 0 aliphatic carbocycles. The molecule has 4 nitrogen and oxygen atoms in total. The third-order valence-corrected chi connectivity index (χ3v) is 5.90. The smallest absolute Gasteiger partial charge is 0.252 e. The van der Waals surface area contributed by atoms with E-state index >= 15 is 0 Å². The van der Waals surface area contributed by atoms with Crippen molar-refractivity contribution in [3.05, 3.63) is 65.7 Å². The standard InChI is InChI=1S/C22H26N2O2/c1-26-20-11-9-17(10-12-20)16-24-19-8-5-14-22(24,15-13-19)23-21(25)18-6-3-2-4-7-18/h2-4,6-7,9-12,19H,5,8,13-16H2,1H3,(H,23,25). The fourth-order valence-electron chi connectivity index (χ4n) is 4.53. The van der Waals surface area contributed by atoms with E-state index in [1.54, 1.807) is 7.11 Å². The molecule has 2 aliphatic heterocycles. The summed E-state index contributed by atoms with van der Waals surface area (Å²) in [5.74, 6) is 0.912. The number of amides is 1. The molecule has 0 spiro atoms. The Hall–Kier alpha value is -2.33. The monoisotopic (exact) mass is 350 g/mol. The van der Waals surface area contributed by atoms with Gasteiger partial charge in [0.25, 0.3) is 5.91 Å². The van der Waals surface area contributed by atoms with E-state index in [1.165, 1.54) is 18.4 Å². The average molecular weight is 350 g/mol. The molecular weight excluding hydrogens is 324 g/mol. The van der Waals surface area contributed by atoms with Gasteiger partial charge in [-0.25, -0.2) is 0 Å². The van der Waals surface area contributed by atoms with Gasteiger partial charge < -0.3 is 10.1 Å². The number of rotatable bonds is 5. The number of carbonyl (C=O) groups is 1. The summed E-state index contributed by atoms with van der Waals surface area (Å²) in [7, 11) is 1.69. The number of ether oxygens (including phenoxy) is 1. The third kappa shape index (κ3) is 3.21. The van der Waals surface area contributed by atoms with Crippen molar-refractivity contribution in [3.8, 4) is 5.75 Å².